The van der Waals surface area contributed by atoms with E-state index in [1.807, 2.05) is 14.1 Å². The van der Waals surface area contributed by atoms with Gasteiger partial charge in [-0.3, -0.25) is 4.79 Å². The van der Waals surface area contributed by atoms with Crippen LogP contribution in [-0.2, 0) is 9.53 Å². The first kappa shape index (κ1) is 7.10. The summed E-state index contributed by atoms with van der Waals surface area (Å²) in [5.74, 6) is -0.0220. The van der Waals surface area contributed by atoms with Gasteiger partial charge in [0, 0.05) is 5.54 Å². The Bertz CT molecular complexity index is 216. The van der Waals surface area contributed by atoms with Gasteiger partial charge in [-0.25, -0.2) is 0 Å². The summed E-state index contributed by atoms with van der Waals surface area (Å²) in [6.07, 6.45) is 2.00. The van der Waals surface area contributed by atoms with Crippen LogP contribution in [0.25, 0.3) is 0 Å². The Morgan fingerprint density at radius 1 is 1.45 bits per heavy atom. The molecule has 3 heteroatoms. The van der Waals surface area contributed by atoms with Crippen molar-refractivity contribution in [2.24, 2.45) is 5.41 Å². The first-order chi connectivity index (χ1) is 5.09. The fraction of sp³-hybridized carbons (Fsp3) is 0.875. The lowest BCUT2D eigenvalue weighted by atomic mass is 10.2. The molecule has 2 saturated carbocycles. The van der Waals surface area contributed by atoms with Crippen molar-refractivity contribution in [3.63, 3.8) is 0 Å². The second kappa shape index (κ2) is 1.61. The minimum Gasteiger partial charge on any atom is -0.469 e. The number of nitrogens with zero attached hydrogens (tertiary/aromatic N) is 1. The standard InChI is InChI=1S/C8H13NO2/c1-9(2)8-4-7(8,5-8)6(10)11-3/h4-5H2,1-3H3. The van der Waals surface area contributed by atoms with E-state index in [0.29, 0.717) is 0 Å². The molecule has 0 aliphatic heterocycles. The molecule has 3 nitrogen and oxygen atoms in total. The van der Waals surface area contributed by atoms with Crippen molar-refractivity contribution in [3.05, 3.63) is 0 Å². The smallest absolute Gasteiger partial charge is 0.313 e. The van der Waals surface area contributed by atoms with Crippen LogP contribution in [0.1, 0.15) is 12.8 Å². The summed E-state index contributed by atoms with van der Waals surface area (Å²) in [4.78, 5) is 13.3. The monoisotopic (exact) mass is 155 g/mol. The maximum absolute atomic E-state index is 11.2. The van der Waals surface area contributed by atoms with E-state index in [1.54, 1.807) is 0 Å². The number of carbonyl (C=O) groups is 1. The third kappa shape index (κ3) is 0.562. The fourth-order valence-electron chi connectivity index (χ4n) is 2.13. The molecule has 2 aliphatic carbocycles. The second-order valence-electron chi connectivity index (χ2n) is 3.85. The van der Waals surface area contributed by atoms with Crippen molar-refractivity contribution in [2.75, 3.05) is 21.2 Å². The molecular weight excluding hydrogens is 142 g/mol. The topological polar surface area (TPSA) is 29.5 Å². The Labute approximate surface area is 66.3 Å². The summed E-state index contributed by atoms with van der Waals surface area (Å²) in [6, 6.07) is 0. The van der Waals surface area contributed by atoms with Crippen LogP contribution in [0.4, 0.5) is 0 Å². The molecule has 2 fully saturated rings. The van der Waals surface area contributed by atoms with Crippen LogP contribution >= 0.6 is 0 Å². The van der Waals surface area contributed by atoms with E-state index in [2.05, 4.69) is 4.90 Å². The number of esters is 1. The second-order valence-corrected chi connectivity index (χ2v) is 3.85. The van der Waals surface area contributed by atoms with Crippen molar-refractivity contribution in [3.8, 4) is 0 Å². The van der Waals surface area contributed by atoms with Gasteiger partial charge in [-0.05, 0) is 26.9 Å². The van der Waals surface area contributed by atoms with E-state index in [1.165, 1.54) is 7.11 Å². The minimum atomic E-state index is -0.0920. The Morgan fingerprint density at radius 2 is 2.00 bits per heavy atom. The number of fused-ring (bicyclic) bond motifs is 1. The van der Waals surface area contributed by atoms with Crippen LogP contribution in [-0.4, -0.2) is 37.6 Å². The van der Waals surface area contributed by atoms with Gasteiger partial charge in [0.1, 0.15) is 0 Å². The summed E-state index contributed by atoms with van der Waals surface area (Å²) < 4.78 is 4.73. The largest absolute Gasteiger partial charge is 0.469 e. The zero-order valence-electron chi connectivity index (χ0n) is 7.18. The summed E-state index contributed by atoms with van der Waals surface area (Å²) in [6.45, 7) is 0. The molecule has 0 aromatic rings. The van der Waals surface area contributed by atoms with Crippen LogP contribution in [0, 0.1) is 5.41 Å². The maximum atomic E-state index is 11.2. The number of hydrogen-bond acceptors (Lipinski definition) is 3. The molecule has 0 saturated heterocycles. The average molecular weight is 155 g/mol. The van der Waals surface area contributed by atoms with E-state index in [4.69, 9.17) is 4.74 Å². The van der Waals surface area contributed by atoms with Crippen LogP contribution < -0.4 is 0 Å². The van der Waals surface area contributed by atoms with Crippen LogP contribution in [0.3, 0.4) is 0 Å². The molecule has 0 radical (unpaired) electrons. The van der Waals surface area contributed by atoms with Crippen molar-refractivity contribution >= 4 is 5.97 Å². The average Bonchev–Trinajstić information content (AvgIpc) is 2.68. The van der Waals surface area contributed by atoms with Gasteiger partial charge in [0.25, 0.3) is 0 Å². The van der Waals surface area contributed by atoms with Crippen LogP contribution in [0.2, 0.25) is 0 Å². The predicted molar refractivity (Wildman–Crippen MR) is 40.1 cm³/mol. The van der Waals surface area contributed by atoms with Gasteiger partial charge in [-0.2, -0.15) is 0 Å². The van der Waals surface area contributed by atoms with Crippen LogP contribution in [0.15, 0.2) is 0 Å². The molecule has 0 N–H and O–H groups in total. The normalized spacial score (nSPS) is 45.1. The van der Waals surface area contributed by atoms with Gasteiger partial charge in [-0.15, -0.1) is 0 Å². The molecule has 0 spiro atoms. The summed E-state index contributed by atoms with van der Waals surface area (Å²) in [5, 5.41) is 0. The van der Waals surface area contributed by atoms with Gasteiger partial charge >= 0.3 is 5.97 Å². The number of methoxy groups -OCH3 is 1. The highest BCUT2D eigenvalue weighted by molar-refractivity contribution is 5.89. The molecule has 0 aromatic heterocycles. The molecule has 0 unspecified atom stereocenters. The minimum absolute atomic E-state index is 0.0220. The quantitative estimate of drug-likeness (QED) is 0.535. The Hall–Kier alpha value is -0.570. The summed E-state index contributed by atoms with van der Waals surface area (Å²) >= 11 is 0. The fourth-order valence-corrected chi connectivity index (χ4v) is 2.13. The van der Waals surface area contributed by atoms with Gasteiger partial charge in [0.05, 0.1) is 12.5 Å². The van der Waals surface area contributed by atoms with E-state index in [0.717, 1.165) is 12.8 Å². The van der Waals surface area contributed by atoms with E-state index in [9.17, 15) is 4.79 Å². The molecule has 11 heavy (non-hydrogen) atoms. The molecule has 0 heterocycles. The van der Waals surface area contributed by atoms with E-state index < -0.39 is 0 Å². The molecule has 0 amide bonds. The van der Waals surface area contributed by atoms with Gasteiger partial charge in [-0.1, -0.05) is 0 Å². The van der Waals surface area contributed by atoms with E-state index in [-0.39, 0.29) is 16.9 Å². The Balaban J connectivity index is 2.08. The lowest BCUT2D eigenvalue weighted by Crippen LogP contribution is -2.21. The van der Waals surface area contributed by atoms with Crippen molar-refractivity contribution in [1.82, 2.24) is 4.90 Å². The van der Waals surface area contributed by atoms with Gasteiger partial charge in [0.15, 0.2) is 0 Å². The van der Waals surface area contributed by atoms with Gasteiger partial charge in [0.2, 0.25) is 0 Å². The third-order valence-corrected chi connectivity index (χ3v) is 3.26. The highest BCUT2D eigenvalue weighted by Crippen LogP contribution is 2.81. The van der Waals surface area contributed by atoms with Crippen molar-refractivity contribution < 1.29 is 9.53 Å². The zero-order valence-corrected chi connectivity index (χ0v) is 7.18. The molecule has 2 rings (SSSR count). The Morgan fingerprint density at radius 3 is 2.27 bits per heavy atom. The third-order valence-electron chi connectivity index (χ3n) is 3.26. The zero-order chi connectivity index (χ0) is 8.28. The number of hydrogen-bond donors (Lipinski definition) is 0. The highest BCUT2D eigenvalue weighted by atomic mass is 16.5. The molecule has 0 bridgehead atoms. The molecule has 2 aliphatic rings. The lowest BCUT2D eigenvalue weighted by Gasteiger charge is -2.10. The van der Waals surface area contributed by atoms with Crippen LogP contribution in [0.5, 0.6) is 0 Å². The maximum Gasteiger partial charge on any atom is 0.313 e. The lowest BCUT2D eigenvalue weighted by molar-refractivity contribution is -0.144. The molecule has 0 aromatic carbocycles. The van der Waals surface area contributed by atoms with Gasteiger partial charge < -0.3 is 9.64 Å². The van der Waals surface area contributed by atoms with Crippen molar-refractivity contribution in [1.29, 1.82) is 0 Å². The number of rotatable bonds is 2. The Kier molecular flexibility index (Phi) is 1.04. The van der Waals surface area contributed by atoms with E-state index >= 15 is 0 Å². The number of ether oxygens (including phenoxy) is 1. The summed E-state index contributed by atoms with van der Waals surface area (Å²) in [7, 11) is 5.52. The first-order valence-electron chi connectivity index (χ1n) is 3.85. The molecule has 62 valence electrons. The SMILES string of the molecule is COC(=O)C12CC1(N(C)C)C2. The first-order valence-corrected chi connectivity index (χ1v) is 3.85. The highest BCUT2D eigenvalue weighted by Gasteiger charge is 2.89. The van der Waals surface area contributed by atoms with Crippen molar-refractivity contribution in [2.45, 2.75) is 18.4 Å². The summed E-state index contributed by atoms with van der Waals surface area (Å²) in [5.41, 5.74) is 0.103. The number of carbonyl (C=O) groups excluding carboxylic acids is 1. The molecule has 0 atom stereocenters. The molecular formula is C8H13NO2. The predicted octanol–water partition coefficient (Wildman–Crippen LogP) is 0.254.